The number of amides is 1. The summed E-state index contributed by atoms with van der Waals surface area (Å²) < 4.78 is 0. The Morgan fingerprint density at radius 2 is 1.71 bits per heavy atom. The Morgan fingerprint density at radius 1 is 1.05 bits per heavy atom. The highest BCUT2D eigenvalue weighted by atomic mass is 16.1. The van der Waals surface area contributed by atoms with Crippen LogP contribution in [0.2, 0.25) is 0 Å². The van der Waals surface area contributed by atoms with Gasteiger partial charge in [0.05, 0.1) is 0 Å². The van der Waals surface area contributed by atoms with Gasteiger partial charge in [-0.2, -0.15) is 0 Å². The molecule has 0 unspecified atom stereocenters. The number of anilines is 1. The third-order valence-electron chi connectivity index (χ3n) is 3.57. The number of nitrogens with one attached hydrogen (secondary N) is 1. The topological polar surface area (TPSA) is 32.3 Å². The molecule has 1 amide bonds. The molecule has 1 N–H and O–H groups in total. The predicted molar refractivity (Wildman–Crippen MR) is 87.7 cm³/mol. The lowest BCUT2D eigenvalue weighted by Crippen LogP contribution is -2.14. The van der Waals surface area contributed by atoms with Crippen molar-refractivity contribution in [3.8, 4) is 0 Å². The average molecular weight is 282 g/mol. The fourth-order valence-electron chi connectivity index (χ4n) is 2.21. The van der Waals surface area contributed by atoms with E-state index in [2.05, 4.69) is 10.2 Å². The molecular formula is C18H22N2O. The van der Waals surface area contributed by atoms with Crippen molar-refractivity contribution in [2.45, 2.75) is 20.4 Å². The van der Waals surface area contributed by atoms with E-state index >= 15 is 0 Å². The summed E-state index contributed by atoms with van der Waals surface area (Å²) in [7, 11) is 4.06. The summed E-state index contributed by atoms with van der Waals surface area (Å²) in [6.07, 6.45) is 0. The summed E-state index contributed by atoms with van der Waals surface area (Å²) in [4.78, 5) is 14.4. The Hall–Kier alpha value is -2.13. The Morgan fingerprint density at radius 3 is 2.33 bits per heavy atom. The van der Waals surface area contributed by atoms with E-state index in [9.17, 15) is 4.79 Å². The quantitative estimate of drug-likeness (QED) is 0.929. The second-order valence-corrected chi connectivity index (χ2v) is 5.64. The number of carbonyl (C=O) groups is 1. The van der Waals surface area contributed by atoms with Crippen LogP contribution in [0.15, 0.2) is 42.5 Å². The molecule has 3 nitrogen and oxygen atoms in total. The van der Waals surface area contributed by atoms with Crippen molar-refractivity contribution in [3.63, 3.8) is 0 Å². The van der Waals surface area contributed by atoms with Gasteiger partial charge in [0.2, 0.25) is 0 Å². The van der Waals surface area contributed by atoms with Gasteiger partial charge in [-0.05, 0) is 62.8 Å². The molecule has 0 aliphatic rings. The summed E-state index contributed by atoms with van der Waals surface area (Å²) >= 11 is 0. The lowest BCUT2D eigenvalue weighted by Gasteiger charge is -2.12. The van der Waals surface area contributed by atoms with Crippen LogP contribution in [0.3, 0.4) is 0 Å². The number of hydrogen-bond acceptors (Lipinski definition) is 2. The molecular weight excluding hydrogens is 260 g/mol. The van der Waals surface area contributed by atoms with Gasteiger partial charge in [0.25, 0.3) is 5.91 Å². The molecule has 0 spiro atoms. The summed E-state index contributed by atoms with van der Waals surface area (Å²) in [6.45, 7) is 4.94. The fraction of sp³-hybridized carbons (Fsp3) is 0.278. The minimum Gasteiger partial charge on any atom is -0.322 e. The highest BCUT2D eigenvalue weighted by molar-refractivity contribution is 6.04. The SMILES string of the molecule is Cc1cccc(NC(=O)c2ccc(CN(C)C)cc2)c1C. The first-order valence-corrected chi connectivity index (χ1v) is 7.08. The number of hydrogen-bond donors (Lipinski definition) is 1. The van der Waals surface area contributed by atoms with Crippen molar-refractivity contribution in [3.05, 3.63) is 64.7 Å². The van der Waals surface area contributed by atoms with Gasteiger partial charge in [0.1, 0.15) is 0 Å². The van der Waals surface area contributed by atoms with E-state index in [1.165, 1.54) is 11.1 Å². The van der Waals surface area contributed by atoms with E-state index in [1.54, 1.807) is 0 Å². The maximum Gasteiger partial charge on any atom is 0.255 e. The third-order valence-corrected chi connectivity index (χ3v) is 3.57. The molecule has 2 rings (SSSR count). The Bertz CT molecular complexity index is 630. The molecule has 0 aromatic heterocycles. The van der Waals surface area contributed by atoms with E-state index in [4.69, 9.17) is 0 Å². The van der Waals surface area contributed by atoms with Crippen molar-refractivity contribution < 1.29 is 4.79 Å². The lowest BCUT2D eigenvalue weighted by molar-refractivity contribution is 0.102. The molecule has 0 saturated carbocycles. The number of aryl methyl sites for hydroxylation is 1. The van der Waals surface area contributed by atoms with Gasteiger partial charge < -0.3 is 10.2 Å². The van der Waals surface area contributed by atoms with E-state index < -0.39 is 0 Å². The maximum atomic E-state index is 12.3. The highest BCUT2D eigenvalue weighted by Gasteiger charge is 2.08. The monoisotopic (exact) mass is 282 g/mol. The van der Waals surface area contributed by atoms with Gasteiger partial charge in [-0.15, -0.1) is 0 Å². The smallest absolute Gasteiger partial charge is 0.255 e. The second kappa shape index (κ2) is 6.55. The predicted octanol–water partition coefficient (Wildman–Crippen LogP) is 3.62. The number of rotatable bonds is 4. The van der Waals surface area contributed by atoms with Crippen molar-refractivity contribution in [2.75, 3.05) is 19.4 Å². The normalized spacial score (nSPS) is 10.7. The zero-order chi connectivity index (χ0) is 15.4. The van der Waals surface area contributed by atoms with E-state index in [-0.39, 0.29) is 5.91 Å². The molecule has 0 bridgehead atoms. The molecule has 0 heterocycles. The minimum absolute atomic E-state index is 0.0693. The van der Waals surface area contributed by atoms with Crippen molar-refractivity contribution in [1.29, 1.82) is 0 Å². The summed E-state index contributed by atoms with van der Waals surface area (Å²) in [5.74, 6) is -0.0693. The average Bonchev–Trinajstić information content (AvgIpc) is 2.44. The Kier molecular flexibility index (Phi) is 4.76. The van der Waals surface area contributed by atoms with Crippen LogP contribution < -0.4 is 5.32 Å². The van der Waals surface area contributed by atoms with Crippen LogP contribution in [0.25, 0.3) is 0 Å². The van der Waals surface area contributed by atoms with Crippen LogP contribution in [-0.2, 0) is 6.54 Å². The fourth-order valence-corrected chi connectivity index (χ4v) is 2.21. The minimum atomic E-state index is -0.0693. The number of benzene rings is 2. The van der Waals surface area contributed by atoms with Crippen LogP contribution in [-0.4, -0.2) is 24.9 Å². The maximum absolute atomic E-state index is 12.3. The molecule has 0 saturated heterocycles. The molecule has 0 fully saturated rings. The second-order valence-electron chi connectivity index (χ2n) is 5.64. The van der Waals surface area contributed by atoms with Crippen LogP contribution in [0, 0.1) is 13.8 Å². The van der Waals surface area contributed by atoms with Crippen molar-refractivity contribution in [2.24, 2.45) is 0 Å². The first-order chi connectivity index (χ1) is 9.97. The summed E-state index contributed by atoms with van der Waals surface area (Å²) in [5.41, 5.74) is 5.03. The molecule has 0 aliphatic heterocycles. The molecule has 0 atom stereocenters. The van der Waals surface area contributed by atoms with Crippen LogP contribution in [0.1, 0.15) is 27.0 Å². The third kappa shape index (κ3) is 3.92. The van der Waals surface area contributed by atoms with Crippen LogP contribution in [0.5, 0.6) is 0 Å². The van der Waals surface area contributed by atoms with Crippen molar-refractivity contribution >= 4 is 11.6 Å². The molecule has 2 aromatic rings. The molecule has 3 heteroatoms. The van der Waals surface area contributed by atoms with Gasteiger partial charge >= 0.3 is 0 Å². The van der Waals surface area contributed by atoms with Crippen LogP contribution >= 0.6 is 0 Å². The number of carbonyl (C=O) groups excluding carboxylic acids is 1. The highest BCUT2D eigenvalue weighted by Crippen LogP contribution is 2.19. The van der Waals surface area contributed by atoms with E-state index in [0.29, 0.717) is 5.56 Å². The first kappa shape index (κ1) is 15.3. The first-order valence-electron chi connectivity index (χ1n) is 7.08. The van der Waals surface area contributed by atoms with E-state index in [1.807, 2.05) is 70.4 Å². The molecule has 2 aromatic carbocycles. The van der Waals surface area contributed by atoms with Crippen LogP contribution in [0.4, 0.5) is 5.69 Å². The van der Waals surface area contributed by atoms with Gasteiger partial charge in [-0.25, -0.2) is 0 Å². The standard InChI is InChI=1S/C18H22N2O/c1-13-6-5-7-17(14(13)2)19-18(21)16-10-8-15(9-11-16)12-20(3)4/h5-11H,12H2,1-4H3,(H,19,21). The van der Waals surface area contributed by atoms with Gasteiger partial charge in [0.15, 0.2) is 0 Å². The molecule has 0 radical (unpaired) electrons. The zero-order valence-electron chi connectivity index (χ0n) is 13.1. The summed E-state index contributed by atoms with van der Waals surface area (Å²) in [5, 5.41) is 2.98. The van der Waals surface area contributed by atoms with Crippen molar-refractivity contribution in [1.82, 2.24) is 4.90 Å². The largest absolute Gasteiger partial charge is 0.322 e. The molecule has 0 aliphatic carbocycles. The number of nitrogens with zero attached hydrogens (tertiary/aromatic N) is 1. The molecule has 21 heavy (non-hydrogen) atoms. The van der Waals surface area contributed by atoms with Gasteiger partial charge in [-0.3, -0.25) is 4.79 Å². The Labute approximate surface area is 126 Å². The summed E-state index contributed by atoms with van der Waals surface area (Å²) in [6, 6.07) is 13.7. The Balaban J connectivity index is 2.11. The molecule has 110 valence electrons. The van der Waals surface area contributed by atoms with E-state index in [0.717, 1.165) is 17.8 Å². The zero-order valence-corrected chi connectivity index (χ0v) is 13.1. The van der Waals surface area contributed by atoms with Gasteiger partial charge in [-0.1, -0.05) is 24.3 Å². The van der Waals surface area contributed by atoms with Gasteiger partial charge in [0, 0.05) is 17.8 Å². The lowest BCUT2D eigenvalue weighted by atomic mass is 10.1.